The van der Waals surface area contributed by atoms with Crippen LogP contribution in [0.2, 0.25) is 0 Å². The lowest BCUT2D eigenvalue weighted by atomic mass is 9.98. The molecule has 7 nitrogen and oxygen atoms in total. The molecule has 170 valence electrons. The van der Waals surface area contributed by atoms with Crippen LogP contribution >= 0.6 is 0 Å². The van der Waals surface area contributed by atoms with E-state index in [4.69, 9.17) is 4.74 Å². The van der Waals surface area contributed by atoms with Gasteiger partial charge in [0.2, 0.25) is 5.91 Å². The molecule has 3 aromatic rings. The minimum Gasteiger partial charge on any atom is -0.488 e. The molecule has 0 radical (unpaired) electrons. The zero-order chi connectivity index (χ0) is 22.9. The number of hydrogen-bond acceptors (Lipinski definition) is 4. The van der Waals surface area contributed by atoms with Gasteiger partial charge in [0.1, 0.15) is 12.4 Å². The van der Waals surface area contributed by atoms with Crippen LogP contribution in [0.3, 0.4) is 0 Å². The maximum absolute atomic E-state index is 13.7. The molecule has 33 heavy (non-hydrogen) atoms. The van der Waals surface area contributed by atoms with E-state index in [1.165, 1.54) is 25.3 Å². The van der Waals surface area contributed by atoms with Crippen molar-refractivity contribution in [2.75, 3.05) is 13.1 Å². The lowest BCUT2D eigenvalue weighted by Gasteiger charge is -2.24. The van der Waals surface area contributed by atoms with Gasteiger partial charge in [0.05, 0.1) is 5.69 Å². The van der Waals surface area contributed by atoms with Crippen LogP contribution in [-0.4, -0.2) is 39.6 Å². The third-order valence-electron chi connectivity index (χ3n) is 6.29. The van der Waals surface area contributed by atoms with Gasteiger partial charge >= 0.3 is 0 Å². The molecule has 7 heteroatoms. The Morgan fingerprint density at radius 2 is 1.97 bits per heavy atom. The van der Waals surface area contributed by atoms with E-state index in [-0.39, 0.29) is 11.8 Å². The molecule has 0 saturated heterocycles. The largest absolute Gasteiger partial charge is 0.488 e. The lowest BCUT2D eigenvalue weighted by molar-refractivity contribution is -0.119. The van der Waals surface area contributed by atoms with E-state index < -0.39 is 0 Å². The summed E-state index contributed by atoms with van der Waals surface area (Å²) in [6.45, 7) is 3.00. The molecule has 2 aromatic carbocycles. The normalized spacial score (nSPS) is 14.1. The van der Waals surface area contributed by atoms with E-state index >= 15 is 0 Å². The number of nitrogens with one attached hydrogen (secondary N) is 1. The Labute approximate surface area is 193 Å². The molecule has 1 aliphatic carbocycles. The number of hydrogen-bond donors (Lipinski definition) is 1. The van der Waals surface area contributed by atoms with Gasteiger partial charge in [-0.2, -0.15) is 5.10 Å². The van der Waals surface area contributed by atoms with Crippen LogP contribution < -0.4 is 10.1 Å². The Balaban J connectivity index is 1.47. The maximum atomic E-state index is 13.7. The van der Waals surface area contributed by atoms with Crippen LogP contribution in [0.25, 0.3) is 11.3 Å². The number of carbonyl (C=O) groups is 2. The van der Waals surface area contributed by atoms with Gasteiger partial charge in [0, 0.05) is 44.7 Å². The third kappa shape index (κ3) is 4.35. The Hall–Kier alpha value is -3.61. The van der Waals surface area contributed by atoms with E-state index in [2.05, 4.69) is 22.5 Å². The van der Waals surface area contributed by atoms with E-state index in [9.17, 15) is 9.59 Å². The highest BCUT2D eigenvalue weighted by atomic mass is 16.5. The van der Waals surface area contributed by atoms with Gasteiger partial charge < -0.3 is 15.0 Å². The first-order valence-electron chi connectivity index (χ1n) is 11.4. The molecule has 5 rings (SSSR count). The molecule has 1 fully saturated rings. The van der Waals surface area contributed by atoms with Crippen LogP contribution in [-0.2, 0) is 25.0 Å². The van der Waals surface area contributed by atoms with Gasteiger partial charge in [-0.1, -0.05) is 36.4 Å². The van der Waals surface area contributed by atoms with Crippen molar-refractivity contribution in [3.8, 4) is 17.0 Å². The number of amides is 2. The van der Waals surface area contributed by atoms with Crippen LogP contribution in [0.15, 0.2) is 48.5 Å². The topological polar surface area (TPSA) is 76.5 Å². The number of rotatable bonds is 7. The molecule has 2 amide bonds. The SMILES string of the molecule is CC(=O)NCCN(Cc1ccccc1)C(=O)c1nn(C)c2c1COc1ccc(C3CC3)cc1-2. The van der Waals surface area contributed by atoms with Crippen LogP contribution in [0.1, 0.15) is 52.9 Å². The van der Waals surface area contributed by atoms with E-state index in [0.29, 0.717) is 37.9 Å². The van der Waals surface area contributed by atoms with Crippen LogP contribution in [0.4, 0.5) is 0 Å². The van der Waals surface area contributed by atoms with Gasteiger partial charge in [-0.15, -0.1) is 0 Å². The Kier molecular flexibility index (Phi) is 5.62. The maximum Gasteiger partial charge on any atom is 0.275 e. The molecular formula is C26H28N4O3. The van der Waals surface area contributed by atoms with Crippen molar-refractivity contribution in [2.45, 2.75) is 38.8 Å². The fraction of sp³-hybridized carbons (Fsp3) is 0.346. The van der Waals surface area contributed by atoms with Crippen LogP contribution in [0, 0.1) is 0 Å². The van der Waals surface area contributed by atoms with Crippen molar-refractivity contribution in [3.05, 3.63) is 70.9 Å². The molecule has 0 unspecified atom stereocenters. The smallest absolute Gasteiger partial charge is 0.275 e. The molecule has 1 N–H and O–H groups in total. The van der Waals surface area contributed by atoms with Gasteiger partial charge in [-0.3, -0.25) is 14.3 Å². The van der Waals surface area contributed by atoms with Crippen molar-refractivity contribution >= 4 is 11.8 Å². The van der Waals surface area contributed by atoms with Crippen molar-refractivity contribution in [1.82, 2.24) is 20.0 Å². The second-order valence-corrected chi connectivity index (χ2v) is 8.81. The summed E-state index contributed by atoms with van der Waals surface area (Å²) in [7, 11) is 1.88. The number of aromatic nitrogens is 2. The van der Waals surface area contributed by atoms with Gasteiger partial charge in [0.25, 0.3) is 5.91 Å². The number of aryl methyl sites for hydroxylation is 1. The molecular weight excluding hydrogens is 416 g/mol. The molecule has 1 saturated carbocycles. The van der Waals surface area contributed by atoms with E-state index in [0.717, 1.165) is 28.1 Å². The monoisotopic (exact) mass is 444 g/mol. The number of fused-ring (bicyclic) bond motifs is 3. The first kappa shape index (κ1) is 21.2. The summed E-state index contributed by atoms with van der Waals surface area (Å²) < 4.78 is 7.84. The molecule has 1 aliphatic heterocycles. The fourth-order valence-electron chi connectivity index (χ4n) is 4.47. The zero-order valence-electron chi connectivity index (χ0n) is 19.0. The number of benzene rings is 2. The number of carbonyl (C=O) groups excluding carboxylic acids is 2. The minimum atomic E-state index is -0.161. The molecule has 0 bridgehead atoms. The van der Waals surface area contributed by atoms with E-state index in [1.54, 1.807) is 9.58 Å². The molecule has 0 spiro atoms. The summed E-state index contributed by atoms with van der Waals surface area (Å²) in [5.41, 5.74) is 5.52. The molecule has 2 heterocycles. The quantitative estimate of drug-likeness (QED) is 0.604. The summed E-state index contributed by atoms with van der Waals surface area (Å²) in [5.74, 6) is 1.19. The Morgan fingerprint density at radius 1 is 1.18 bits per heavy atom. The van der Waals surface area contributed by atoms with Crippen LogP contribution in [0.5, 0.6) is 5.75 Å². The first-order valence-corrected chi connectivity index (χ1v) is 11.4. The first-order chi connectivity index (χ1) is 16.0. The minimum absolute atomic E-state index is 0.117. The number of nitrogens with zero attached hydrogens (tertiary/aromatic N) is 3. The zero-order valence-corrected chi connectivity index (χ0v) is 19.0. The highest BCUT2D eigenvalue weighted by molar-refractivity contribution is 5.96. The predicted octanol–water partition coefficient (Wildman–Crippen LogP) is 3.64. The standard InChI is InChI=1S/C26H28N4O3/c1-17(31)27-12-13-30(15-18-6-4-3-5-7-18)26(32)24-22-16-33-23-11-10-20(19-8-9-19)14-21(23)25(22)29(2)28-24/h3-7,10-11,14,19H,8-9,12-13,15-16H2,1-2H3,(H,27,31). The van der Waals surface area contributed by atoms with Crippen molar-refractivity contribution in [1.29, 1.82) is 0 Å². The summed E-state index contributed by atoms with van der Waals surface area (Å²) in [5, 5.41) is 7.43. The summed E-state index contributed by atoms with van der Waals surface area (Å²) in [6.07, 6.45) is 2.45. The van der Waals surface area contributed by atoms with Crippen molar-refractivity contribution < 1.29 is 14.3 Å². The summed E-state index contributed by atoms with van der Waals surface area (Å²) in [6, 6.07) is 16.2. The van der Waals surface area contributed by atoms with E-state index in [1.807, 2.05) is 43.4 Å². The Bertz CT molecular complexity index is 1200. The Morgan fingerprint density at radius 3 is 2.70 bits per heavy atom. The number of ether oxygens (including phenoxy) is 1. The lowest BCUT2D eigenvalue weighted by Crippen LogP contribution is -2.38. The molecule has 0 atom stereocenters. The highest BCUT2D eigenvalue weighted by Gasteiger charge is 2.32. The van der Waals surface area contributed by atoms with Crippen molar-refractivity contribution in [2.24, 2.45) is 7.05 Å². The fourth-order valence-corrected chi connectivity index (χ4v) is 4.47. The second kappa shape index (κ2) is 8.73. The van der Waals surface area contributed by atoms with Crippen molar-refractivity contribution in [3.63, 3.8) is 0 Å². The highest BCUT2D eigenvalue weighted by Crippen LogP contribution is 2.45. The predicted molar refractivity (Wildman–Crippen MR) is 125 cm³/mol. The average molecular weight is 445 g/mol. The summed E-state index contributed by atoms with van der Waals surface area (Å²) >= 11 is 0. The molecule has 1 aromatic heterocycles. The van der Waals surface area contributed by atoms with Gasteiger partial charge in [-0.25, -0.2) is 0 Å². The average Bonchev–Trinajstić information content (AvgIpc) is 3.61. The third-order valence-corrected chi connectivity index (χ3v) is 6.29. The summed E-state index contributed by atoms with van der Waals surface area (Å²) in [4.78, 5) is 26.8. The van der Waals surface area contributed by atoms with Gasteiger partial charge in [0.15, 0.2) is 5.69 Å². The molecule has 2 aliphatic rings. The second-order valence-electron chi connectivity index (χ2n) is 8.81. The van der Waals surface area contributed by atoms with Gasteiger partial charge in [-0.05, 0) is 42.0 Å².